The average Bonchev–Trinajstić information content (AvgIpc) is 2.39. The van der Waals surface area contributed by atoms with Crippen molar-refractivity contribution in [3.05, 3.63) is 22.2 Å². The molecule has 1 aromatic rings. The van der Waals surface area contributed by atoms with Crippen molar-refractivity contribution in [1.82, 2.24) is 0 Å². The van der Waals surface area contributed by atoms with Crippen LogP contribution in [0, 0.1) is 0 Å². The van der Waals surface area contributed by atoms with Crippen LogP contribution in [0.2, 0.25) is 10.0 Å². The van der Waals surface area contributed by atoms with Gasteiger partial charge < -0.3 is 5.32 Å². The maximum Gasteiger partial charge on any atom is 0.250 e. The van der Waals surface area contributed by atoms with Crippen molar-refractivity contribution in [1.29, 1.82) is 0 Å². The highest BCUT2D eigenvalue weighted by molar-refractivity contribution is 6.42. The van der Waals surface area contributed by atoms with Crippen LogP contribution >= 0.6 is 23.2 Å². The van der Waals surface area contributed by atoms with Crippen molar-refractivity contribution >= 4 is 46.3 Å². The van der Waals surface area contributed by atoms with Gasteiger partial charge in [0.1, 0.15) is 6.04 Å². The minimum atomic E-state index is -0.533. The summed E-state index contributed by atoms with van der Waals surface area (Å²) in [5.74, 6) is -0.201. The number of hydrogen-bond acceptors (Lipinski definition) is 3. The lowest BCUT2D eigenvalue weighted by molar-refractivity contribution is -0.124. The van der Waals surface area contributed by atoms with E-state index in [0.29, 0.717) is 22.2 Å². The summed E-state index contributed by atoms with van der Waals surface area (Å²) in [6.45, 7) is 5.09. The molecule has 1 amide bonds. The Morgan fingerprint density at radius 2 is 2.00 bits per heavy atom. The van der Waals surface area contributed by atoms with Crippen LogP contribution in [0.25, 0.3) is 0 Å². The molecule has 1 N–H and O–H groups in total. The highest BCUT2D eigenvalue weighted by Crippen LogP contribution is 2.39. The number of nitrogens with zero attached hydrogens (tertiary/aromatic N) is 1. The number of fused-ring (bicyclic) bond motifs is 1. The van der Waals surface area contributed by atoms with Gasteiger partial charge >= 0.3 is 0 Å². The molecule has 0 saturated carbocycles. The molecule has 2 atom stereocenters. The quantitative estimate of drug-likeness (QED) is 0.928. The van der Waals surface area contributed by atoms with E-state index < -0.39 is 6.04 Å². The molecule has 2 unspecified atom stereocenters. The van der Waals surface area contributed by atoms with Gasteiger partial charge in [0, 0.05) is 0 Å². The Hall–Kier alpha value is -1.26. The standard InChI is InChI=1S/C14H16Cl2N2O2/c1-4-11-14(20)18(7(2)8(3)19)13-6-10(16)9(15)5-12(13)17-11/h5-7,11,17H,4H2,1-3H3. The SMILES string of the molecule is CCC1Nc2cc(Cl)c(Cl)cc2N(C(C)C(C)=O)C1=O. The van der Waals surface area contributed by atoms with Crippen LogP contribution in [0.3, 0.4) is 0 Å². The van der Waals surface area contributed by atoms with Gasteiger partial charge in [0.2, 0.25) is 5.91 Å². The first-order valence-corrected chi connectivity index (χ1v) is 7.21. The molecule has 0 spiro atoms. The fraction of sp³-hybridized carbons (Fsp3) is 0.429. The van der Waals surface area contributed by atoms with Gasteiger partial charge in [0.15, 0.2) is 5.78 Å². The highest BCUT2D eigenvalue weighted by atomic mass is 35.5. The number of halogens is 2. The molecule has 108 valence electrons. The summed E-state index contributed by atoms with van der Waals surface area (Å²) in [6.07, 6.45) is 0.625. The van der Waals surface area contributed by atoms with Crippen LogP contribution in [0.5, 0.6) is 0 Å². The number of benzene rings is 1. The summed E-state index contributed by atoms with van der Waals surface area (Å²) in [4.78, 5) is 25.7. The van der Waals surface area contributed by atoms with E-state index in [1.54, 1.807) is 19.1 Å². The molecule has 0 saturated heterocycles. The maximum atomic E-state index is 12.5. The molecule has 1 aliphatic heterocycles. The Balaban J connectivity index is 2.58. The van der Waals surface area contributed by atoms with Gasteiger partial charge in [-0.1, -0.05) is 30.1 Å². The van der Waals surface area contributed by atoms with E-state index in [0.717, 1.165) is 5.69 Å². The molecule has 6 heteroatoms. The summed E-state index contributed by atoms with van der Waals surface area (Å²) >= 11 is 12.1. The number of nitrogens with one attached hydrogen (secondary N) is 1. The molecule has 0 aromatic heterocycles. The molecular formula is C14H16Cl2N2O2. The molecular weight excluding hydrogens is 299 g/mol. The van der Waals surface area contributed by atoms with Crippen LogP contribution in [-0.4, -0.2) is 23.8 Å². The number of carbonyl (C=O) groups is 2. The fourth-order valence-corrected chi connectivity index (χ4v) is 2.57. The van der Waals surface area contributed by atoms with E-state index >= 15 is 0 Å². The zero-order valence-corrected chi connectivity index (χ0v) is 13.0. The second-order valence-corrected chi connectivity index (χ2v) is 5.70. The van der Waals surface area contributed by atoms with Crippen LogP contribution in [0.1, 0.15) is 27.2 Å². The molecule has 1 aliphatic rings. The molecule has 20 heavy (non-hydrogen) atoms. The smallest absolute Gasteiger partial charge is 0.250 e. The lowest BCUT2D eigenvalue weighted by atomic mass is 10.0. The van der Waals surface area contributed by atoms with Crippen LogP contribution in [-0.2, 0) is 9.59 Å². The van der Waals surface area contributed by atoms with Crippen molar-refractivity contribution in [3.8, 4) is 0 Å². The summed E-state index contributed by atoms with van der Waals surface area (Å²) in [7, 11) is 0. The van der Waals surface area contributed by atoms with Gasteiger partial charge in [-0.2, -0.15) is 0 Å². The van der Waals surface area contributed by atoms with Crippen molar-refractivity contribution in [2.45, 2.75) is 39.3 Å². The van der Waals surface area contributed by atoms with E-state index in [-0.39, 0.29) is 17.7 Å². The second-order valence-electron chi connectivity index (χ2n) is 4.88. The van der Waals surface area contributed by atoms with Crippen LogP contribution in [0.15, 0.2) is 12.1 Å². The average molecular weight is 315 g/mol. The van der Waals surface area contributed by atoms with Crippen molar-refractivity contribution < 1.29 is 9.59 Å². The Labute approximate surface area is 128 Å². The predicted molar refractivity (Wildman–Crippen MR) is 81.8 cm³/mol. The first kappa shape index (κ1) is 15.1. The van der Waals surface area contributed by atoms with Crippen molar-refractivity contribution in [2.75, 3.05) is 10.2 Å². The summed E-state index contributed by atoms with van der Waals surface area (Å²) in [6, 6.07) is 2.42. The molecule has 0 radical (unpaired) electrons. The molecule has 1 aromatic carbocycles. The summed E-state index contributed by atoms with van der Waals surface area (Å²) in [5, 5.41) is 3.91. The highest BCUT2D eigenvalue weighted by Gasteiger charge is 2.36. The van der Waals surface area contributed by atoms with Gasteiger partial charge in [0.25, 0.3) is 0 Å². The number of carbonyl (C=O) groups excluding carboxylic acids is 2. The molecule has 1 heterocycles. The third kappa shape index (κ3) is 2.50. The van der Waals surface area contributed by atoms with Gasteiger partial charge in [-0.15, -0.1) is 0 Å². The normalized spacial score (nSPS) is 19.4. The minimum absolute atomic E-state index is 0.0767. The zero-order valence-electron chi connectivity index (χ0n) is 11.5. The first-order chi connectivity index (χ1) is 9.36. The first-order valence-electron chi connectivity index (χ1n) is 6.46. The molecule has 2 rings (SSSR count). The Morgan fingerprint density at radius 3 is 2.55 bits per heavy atom. The van der Waals surface area contributed by atoms with E-state index in [9.17, 15) is 9.59 Å². The number of hydrogen-bond donors (Lipinski definition) is 1. The van der Waals surface area contributed by atoms with E-state index in [1.807, 2.05) is 6.92 Å². The summed E-state index contributed by atoms with van der Waals surface area (Å²) in [5.41, 5.74) is 1.32. The van der Waals surface area contributed by atoms with Gasteiger partial charge in [-0.05, 0) is 32.4 Å². The predicted octanol–water partition coefficient (Wildman–Crippen LogP) is 3.51. The molecule has 0 bridgehead atoms. The van der Waals surface area contributed by atoms with Crippen LogP contribution in [0.4, 0.5) is 11.4 Å². The Bertz CT molecular complexity index is 575. The molecule has 0 fully saturated rings. The molecule has 4 nitrogen and oxygen atoms in total. The summed E-state index contributed by atoms with van der Waals surface area (Å²) < 4.78 is 0. The minimum Gasteiger partial charge on any atom is -0.372 e. The maximum absolute atomic E-state index is 12.5. The second kappa shape index (κ2) is 5.62. The number of anilines is 2. The Kier molecular flexibility index (Phi) is 4.25. The third-order valence-electron chi connectivity index (χ3n) is 3.55. The van der Waals surface area contributed by atoms with Gasteiger partial charge in [-0.3, -0.25) is 14.5 Å². The number of Topliss-reactive ketones (excluding diaryl/α,β-unsaturated/α-hetero) is 1. The van der Waals surface area contributed by atoms with E-state index in [4.69, 9.17) is 23.2 Å². The van der Waals surface area contributed by atoms with Crippen molar-refractivity contribution in [3.63, 3.8) is 0 Å². The largest absolute Gasteiger partial charge is 0.372 e. The lowest BCUT2D eigenvalue weighted by Gasteiger charge is -2.38. The van der Waals surface area contributed by atoms with Gasteiger partial charge in [0.05, 0.1) is 27.5 Å². The fourth-order valence-electron chi connectivity index (χ4n) is 2.25. The number of rotatable bonds is 3. The van der Waals surface area contributed by atoms with E-state index in [1.165, 1.54) is 11.8 Å². The van der Waals surface area contributed by atoms with Crippen molar-refractivity contribution in [2.24, 2.45) is 0 Å². The van der Waals surface area contributed by atoms with Gasteiger partial charge in [-0.25, -0.2) is 0 Å². The zero-order chi connectivity index (χ0) is 15.0. The topological polar surface area (TPSA) is 49.4 Å². The Morgan fingerprint density at radius 1 is 1.40 bits per heavy atom. The number of amides is 1. The number of ketones is 1. The monoisotopic (exact) mass is 314 g/mol. The third-order valence-corrected chi connectivity index (χ3v) is 4.27. The molecule has 0 aliphatic carbocycles. The van der Waals surface area contributed by atoms with E-state index in [2.05, 4.69) is 5.32 Å². The lowest BCUT2D eigenvalue weighted by Crippen LogP contribution is -2.52. The van der Waals surface area contributed by atoms with Crippen LogP contribution < -0.4 is 10.2 Å².